The number of hydrogen-bond donors (Lipinski definition) is 2. The SMILES string of the molecule is Oc1cccc2c1=CNC1CCCCC=21. The highest BCUT2D eigenvalue weighted by Gasteiger charge is 2.20. The van der Waals surface area contributed by atoms with Gasteiger partial charge in [-0.25, -0.2) is 0 Å². The minimum absolute atomic E-state index is 0.386. The molecule has 1 aromatic carbocycles. The van der Waals surface area contributed by atoms with Gasteiger partial charge in [-0.05, 0) is 36.1 Å². The van der Waals surface area contributed by atoms with Gasteiger partial charge in [0.25, 0.3) is 0 Å². The van der Waals surface area contributed by atoms with Gasteiger partial charge in [0.1, 0.15) is 5.75 Å². The molecule has 1 aliphatic heterocycles. The van der Waals surface area contributed by atoms with Crippen LogP contribution in [-0.4, -0.2) is 11.1 Å². The molecule has 1 heterocycles. The topological polar surface area (TPSA) is 32.3 Å². The third-order valence-corrected chi connectivity index (χ3v) is 3.47. The molecule has 0 radical (unpaired) electrons. The van der Waals surface area contributed by atoms with Crippen molar-refractivity contribution >= 4 is 11.8 Å². The Morgan fingerprint density at radius 1 is 1.27 bits per heavy atom. The Kier molecular flexibility index (Phi) is 1.94. The molecule has 2 nitrogen and oxygen atoms in total. The Bertz CT molecular complexity index is 504. The lowest BCUT2D eigenvalue weighted by atomic mass is 9.86. The van der Waals surface area contributed by atoms with Crippen LogP contribution >= 0.6 is 0 Å². The van der Waals surface area contributed by atoms with Crippen molar-refractivity contribution in [2.45, 2.75) is 31.7 Å². The van der Waals surface area contributed by atoms with E-state index in [0.717, 1.165) is 5.22 Å². The molecule has 78 valence electrons. The quantitative estimate of drug-likeness (QED) is 0.651. The van der Waals surface area contributed by atoms with Gasteiger partial charge in [0.15, 0.2) is 0 Å². The summed E-state index contributed by atoms with van der Waals surface area (Å²) in [5.74, 6) is 0.386. The minimum atomic E-state index is 0.386. The average molecular weight is 201 g/mol. The lowest BCUT2D eigenvalue weighted by Gasteiger charge is -2.28. The average Bonchev–Trinajstić information content (AvgIpc) is 2.29. The number of rotatable bonds is 0. The Morgan fingerprint density at radius 2 is 2.20 bits per heavy atom. The van der Waals surface area contributed by atoms with Crippen LogP contribution in [0, 0.1) is 0 Å². The molecule has 0 aromatic heterocycles. The Morgan fingerprint density at radius 3 is 3.13 bits per heavy atom. The molecule has 15 heavy (non-hydrogen) atoms. The van der Waals surface area contributed by atoms with E-state index in [2.05, 4.69) is 11.4 Å². The summed E-state index contributed by atoms with van der Waals surface area (Å²) >= 11 is 0. The lowest BCUT2D eigenvalue weighted by molar-refractivity contribution is 0.467. The number of nitrogens with one attached hydrogen (secondary N) is 1. The fraction of sp³-hybridized carbons (Fsp3) is 0.385. The van der Waals surface area contributed by atoms with Gasteiger partial charge in [-0.3, -0.25) is 0 Å². The van der Waals surface area contributed by atoms with E-state index in [0.29, 0.717) is 11.8 Å². The van der Waals surface area contributed by atoms with Crippen molar-refractivity contribution in [1.82, 2.24) is 5.32 Å². The summed E-state index contributed by atoms with van der Waals surface area (Å²) in [6.45, 7) is 0. The first-order chi connectivity index (χ1) is 7.36. The smallest absolute Gasteiger partial charge is 0.124 e. The van der Waals surface area contributed by atoms with E-state index < -0.39 is 0 Å². The summed E-state index contributed by atoms with van der Waals surface area (Å²) in [4.78, 5) is 0. The molecule has 0 saturated heterocycles. The van der Waals surface area contributed by atoms with Gasteiger partial charge in [0.2, 0.25) is 0 Å². The van der Waals surface area contributed by atoms with Crippen LogP contribution in [-0.2, 0) is 0 Å². The van der Waals surface area contributed by atoms with Gasteiger partial charge in [-0.1, -0.05) is 18.6 Å². The van der Waals surface area contributed by atoms with Gasteiger partial charge < -0.3 is 10.4 Å². The number of fused-ring (bicyclic) bond motifs is 2. The van der Waals surface area contributed by atoms with Crippen molar-refractivity contribution in [3.05, 3.63) is 28.6 Å². The van der Waals surface area contributed by atoms with Gasteiger partial charge in [-0.2, -0.15) is 0 Å². The number of hydrogen-bond acceptors (Lipinski definition) is 2. The van der Waals surface area contributed by atoms with E-state index in [1.54, 1.807) is 6.07 Å². The van der Waals surface area contributed by atoms with Crippen LogP contribution in [0.2, 0.25) is 0 Å². The molecule has 0 spiro atoms. The molecule has 0 bridgehead atoms. The Hall–Kier alpha value is -1.44. The summed E-state index contributed by atoms with van der Waals surface area (Å²) in [6, 6.07) is 6.32. The highest BCUT2D eigenvalue weighted by Crippen LogP contribution is 2.24. The van der Waals surface area contributed by atoms with E-state index in [1.807, 2.05) is 12.3 Å². The van der Waals surface area contributed by atoms with Crippen molar-refractivity contribution in [2.24, 2.45) is 0 Å². The van der Waals surface area contributed by atoms with Crippen molar-refractivity contribution < 1.29 is 5.11 Å². The summed E-state index contributed by atoms with van der Waals surface area (Å²) in [5.41, 5.74) is 1.48. The minimum Gasteiger partial charge on any atom is -0.507 e. The highest BCUT2D eigenvalue weighted by molar-refractivity contribution is 5.58. The third kappa shape index (κ3) is 1.32. The second kappa shape index (κ2) is 3.30. The van der Waals surface area contributed by atoms with Crippen LogP contribution in [0.4, 0.5) is 0 Å². The van der Waals surface area contributed by atoms with E-state index in [4.69, 9.17) is 0 Å². The van der Waals surface area contributed by atoms with E-state index >= 15 is 0 Å². The molecule has 1 saturated carbocycles. The van der Waals surface area contributed by atoms with Crippen LogP contribution in [0.1, 0.15) is 25.7 Å². The largest absolute Gasteiger partial charge is 0.507 e. The summed E-state index contributed by atoms with van der Waals surface area (Å²) < 4.78 is 0. The van der Waals surface area contributed by atoms with Crippen LogP contribution in [0.3, 0.4) is 0 Å². The molecule has 1 aliphatic carbocycles. The van der Waals surface area contributed by atoms with Gasteiger partial charge in [0, 0.05) is 17.5 Å². The van der Waals surface area contributed by atoms with E-state index in [1.165, 1.54) is 36.5 Å². The molecule has 2 N–H and O–H groups in total. The van der Waals surface area contributed by atoms with Crippen LogP contribution in [0.5, 0.6) is 5.75 Å². The Balaban J connectivity index is 2.31. The van der Waals surface area contributed by atoms with Crippen LogP contribution in [0.15, 0.2) is 18.2 Å². The first-order valence-corrected chi connectivity index (χ1v) is 5.63. The predicted molar refractivity (Wildman–Crippen MR) is 60.6 cm³/mol. The molecule has 2 heteroatoms. The van der Waals surface area contributed by atoms with Crippen molar-refractivity contribution in [2.75, 3.05) is 0 Å². The lowest BCUT2D eigenvalue weighted by Crippen LogP contribution is -2.43. The van der Waals surface area contributed by atoms with Gasteiger partial charge >= 0.3 is 0 Å². The van der Waals surface area contributed by atoms with Gasteiger partial charge in [0.05, 0.1) is 0 Å². The zero-order chi connectivity index (χ0) is 10.3. The monoisotopic (exact) mass is 201 g/mol. The maximum Gasteiger partial charge on any atom is 0.124 e. The van der Waals surface area contributed by atoms with Crippen molar-refractivity contribution in [3.63, 3.8) is 0 Å². The molecular weight excluding hydrogens is 186 g/mol. The van der Waals surface area contributed by atoms with E-state index in [-0.39, 0.29) is 0 Å². The molecular formula is C13H15NO. The normalized spacial score (nSPS) is 23.5. The maximum absolute atomic E-state index is 9.76. The molecule has 2 aliphatic rings. The van der Waals surface area contributed by atoms with Gasteiger partial charge in [-0.15, -0.1) is 0 Å². The highest BCUT2D eigenvalue weighted by atomic mass is 16.3. The summed E-state index contributed by atoms with van der Waals surface area (Å²) in [5, 5.41) is 15.4. The molecule has 1 fully saturated rings. The first kappa shape index (κ1) is 8.84. The third-order valence-electron chi connectivity index (χ3n) is 3.47. The number of benzene rings is 1. The molecule has 0 amide bonds. The van der Waals surface area contributed by atoms with E-state index in [9.17, 15) is 5.11 Å². The fourth-order valence-electron chi connectivity index (χ4n) is 2.69. The molecule has 1 aromatic rings. The number of phenols is 1. The van der Waals surface area contributed by atoms with Crippen molar-refractivity contribution in [1.29, 1.82) is 0 Å². The molecule has 1 atom stereocenters. The summed E-state index contributed by atoms with van der Waals surface area (Å²) in [7, 11) is 0. The molecule has 1 unspecified atom stereocenters. The molecule has 3 rings (SSSR count). The predicted octanol–water partition coefficient (Wildman–Crippen LogP) is 0.827. The zero-order valence-corrected chi connectivity index (χ0v) is 8.66. The second-order valence-electron chi connectivity index (χ2n) is 4.37. The number of aromatic hydroxyl groups is 1. The van der Waals surface area contributed by atoms with Crippen LogP contribution in [0.25, 0.3) is 11.8 Å². The standard InChI is InChI=1S/C13H15NO/c15-13-7-3-5-9-10-4-1-2-6-12(10)14-8-11(9)13/h3,5,7-8,12,14-15H,1-2,4,6H2. The number of phenolic OH excluding ortho intramolecular Hbond substituents is 1. The summed E-state index contributed by atoms with van der Waals surface area (Å²) in [6.07, 6.45) is 6.94. The van der Waals surface area contributed by atoms with Crippen LogP contribution < -0.4 is 15.8 Å². The fourth-order valence-corrected chi connectivity index (χ4v) is 2.69. The second-order valence-corrected chi connectivity index (χ2v) is 4.37. The first-order valence-electron chi connectivity index (χ1n) is 5.63. The zero-order valence-electron chi connectivity index (χ0n) is 8.66. The Labute approximate surface area is 88.9 Å². The maximum atomic E-state index is 9.76. The van der Waals surface area contributed by atoms with Crippen molar-refractivity contribution in [3.8, 4) is 5.75 Å².